The molecule has 0 aliphatic rings. The summed E-state index contributed by atoms with van der Waals surface area (Å²) in [6, 6.07) is 19.4. The summed E-state index contributed by atoms with van der Waals surface area (Å²) in [5, 5.41) is 1.24. The normalized spacial score (nSPS) is 11.6. The second-order valence-corrected chi connectivity index (χ2v) is 9.15. The zero-order chi connectivity index (χ0) is 22.9. The molecule has 0 radical (unpaired) electrons. The number of nitrogens with one attached hydrogen (secondary N) is 1. The Morgan fingerprint density at radius 1 is 0.938 bits per heavy atom. The molecule has 1 aromatic heterocycles. The molecular formula is C24H25N3O4S. The van der Waals surface area contributed by atoms with E-state index in [1.165, 1.54) is 10.7 Å². The molecule has 1 N–H and O–H groups in total. The van der Waals surface area contributed by atoms with Crippen molar-refractivity contribution in [2.45, 2.75) is 25.2 Å². The highest BCUT2D eigenvalue weighted by atomic mass is 32.2. The number of anilines is 1. The largest absolute Gasteiger partial charge is 0.493 e. The van der Waals surface area contributed by atoms with Gasteiger partial charge in [-0.2, -0.15) is 0 Å². The first-order valence-electron chi connectivity index (χ1n) is 10.4. The summed E-state index contributed by atoms with van der Waals surface area (Å²) in [5.41, 5.74) is 0.741. The molecule has 3 aromatic carbocycles. The van der Waals surface area contributed by atoms with E-state index >= 15 is 0 Å². The molecule has 32 heavy (non-hydrogen) atoms. The summed E-state index contributed by atoms with van der Waals surface area (Å²) in [7, 11) is -2.32. The molecule has 0 unspecified atom stereocenters. The lowest BCUT2D eigenvalue weighted by Crippen LogP contribution is -2.23. The van der Waals surface area contributed by atoms with Crippen LogP contribution in [0.4, 0.5) is 5.69 Å². The molecule has 0 aliphatic heterocycles. The van der Waals surface area contributed by atoms with Crippen LogP contribution in [0.25, 0.3) is 16.5 Å². The maximum absolute atomic E-state index is 13.4. The van der Waals surface area contributed by atoms with Crippen molar-refractivity contribution in [1.82, 2.24) is 9.36 Å². The van der Waals surface area contributed by atoms with Gasteiger partial charge in [-0.3, -0.25) is 14.2 Å². The molecule has 4 rings (SSSR count). The Labute approximate surface area is 186 Å². The Kier molecular flexibility index (Phi) is 5.80. The molecule has 8 heteroatoms. The van der Waals surface area contributed by atoms with E-state index in [0.717, 1.165) is 6.42 Å². The predicted octanol–water partition coefficient (Wildman–Crippen LogP) is 4.23. The minimum atomic E-state index is -4.04. The number of para-hydroxylation sites is 1. The third kappa shape index (κ3) is 3.78. The average Bonchev–Trinajstić information content (AvgIpc) is 3.00. The van der Waals surface area contributed by atoms with Crippen molar-refractivity contribution in [3.05, 3.63) is 82.8 Å². The van der Waals surface area contributed by atoms with Gasteiger partial charge >= 0.3 is 0 Å². The zero-order valence-electron chi connectivity index (χ0n) is 18.2. The summed E-state index contributed by atoms with van der Waals surface area (Å²) < 4.78 is 38.2. The smallest absolute Gasteiger partial charge is 0.296 e. The Hall–Kier alpha value is -3.52. The molecule has 0 bridgehead atoms. The van der Waals surface area contributed by atoms with Gasteiger partial charge in [-0.25, -0.2) is 13.1 Å². The third-order valence-electron chi connectivity index (χ3n) is 5.39. The molecule has 4 aromatic rings. The highest BCUT2D eigenvalue weighted by Crippen LogP contribution is 2.32. The molecule has 166 valence electrons. The molecule has 0 amide bonds. The van der Waals surface area contributed by atoms with Crippen LogP contribution >= 0.6 is 0 Å². The van der Waals surface area contributed by atoms with Crippen LogP contribution in [0.15, 0.2) is 76.4 Å². The lowest BCUT2D eigenvalue weighted by Gasteiger charge is -2.13. The van der Waals surface area contributed by atoms with Gasteiger partial charge in [-0.1, -0.05) is 49.4 Å². The van der Waals surface area contributed by atoms with Gasteiger partial charge in [0.1, 0.15) is 11.4 Å². The number of aromatic nitrogens is 2. The first-order chi connectivity index (χ1) is 15.3. The van der Waals surface area contributed by atoms with Crippen LogP contribution in [0.1, 0.15) is 19.0 Å². The molecule has 0 atom stereocenters. The van der Waals surface area contributed by atoms with Crippen molar-refractivity contribution in [2.24, 2.45) is 7.05 Å². The van der Waals surface area contributed by atoms with Crippen LogP contribution in [0.2, 0.25) is 0 Å². The molecule has 7 nitrogen and oxygen atoms in total. The lowest BCUT2D eigenvalue weighted by atomic mass is 10.1. The van der Waals surface area contributed by atoms with Gasteiger partial charge in [0.25, 0.3) is 15.6 Å². The third-order valence-corrected chi connectivity index (χ3v) is 6.79. The average molecular weight is 452 g/mol. The van der Waals surface area contributed by atoms with Crippen molar-refractivity contribution in [1.29, 1.82) is 0 Å². The van der Waals surface area contributed by atoms with Crippen molar-refractivity contribution in [3.8, 4) is 11.4 Å². The van der Waals surface area contributed by atoms with Crippen LogP contribution < -0.4 is 15.0 Å². The van der Waals surface area contributed by atoms with Gasteiger partial charge in [-0.05, 0) is 37.6 Å². The number of hydrogen-bond acceptors (Lipinski definition) is 4. The fourth-order valence-corrected chi connectivity index (χ4v) is 5.02. The van der Waals surface area contributed by atoms with E-state index in [0.29, 0.717) is 34.5 Å². The number of benzene rings is 3. The first kappa shape index (κ1) is 21.7. The molecule has 1 heterocycles. The number of nitrogens with zero attached hydrogens (tertiary/aromatic N) is 2. The second-order valence-electron chi connectivity index (χ2n) is 7.50. The lowest BCUT2D eigenvalue weighted by molar-refractivity contribution is 0.321. The van der Waals surface area contributed by atoms with E-state index < -0.39 is 15.6 Å². The van der Waals surface area contributed by atoms with Crippen LogP contribution in [0.3, 0.4) is 0 Å². The molecular weight excluding hydrogens is 426 g/mol. The summed E-state index contributed by atoms with van der Waals surface area (Å²) in [6.07, 6.45) is 0.844. The van der Waals surface area contributed by atoms with Gasteiger partial charge < -0.3 is 4.74 Å². The predicted molar refractivity (Wildman–Crippen MR) is 126 cm³/mol. The summed E-state index contributed by atoms with van der Waals surface area (Å²) in [4.78, 5) is 13.2. The van der Waals surface area contributed by atoms with Crippen LogP contribution in [0.5, 0.6) is 5.75 Å². The van der Waals surface area contributed by atoms with Crippen LogP contribution in [0, 0.1) is 6.92 Å². The quantitative estimate of drug-likeness (QED) is 0.456. The monoisotopic (exact) mass is 451 g/mol. The van der Waals surface area contributed by atoms with Gasteiger partial charge in [0, 0.05) is 17.8 Å². The Balaban J connectivity index is 1.80. The Bertz CT molecular complexity index is 1440. The van der Waals surface area contributed by atoms with Gasteiger partial charge in [0.2, 0.25) is 0 Å². The highest BCUT2D eigenvalue weighted by molar-refractivity contribution is 7.93. The van der Waals surface area contributed by atoms with E-state index in [2.05, 4.69) is 4.72 Å². The van der Waals surface area contributed by atoms with Crippen molar-refractivity contribution in [3.63, 3.8) is 0 Å². The van der Waals surface area contributed by atoms with Crippen molar-refractivity contribution >= 4 is 26.5 Å². The van der Waals surface area contributed by atoms with Crippen molar-refractivity contribution in [2.75, 3.05) is 11.3 Å². The molecule has 0 saturated carbocycles. The fraction of sp³-hybridized carbons (Fsp3) is 0.208. The topological polar surface area (TPSA) is 82.3 Å². The van der Waals surface area contributed by atoms with E-state index in [-0.39, 0.29) is 10.6 Å². The SMILES string of the molecule is CCCOc1ccc(S(=O)(=O)Nc2c(C)n(C)n(-c3ccccc3)c2=O)c2ccccc12. The second kappa shape index (κ2) is 8.55. The minimum Gasteiger partial charge on any atom is -0.493 e. The fourth-order valence-electron chi connectivity index (χ4n) is 3.69. The van der Waals surface area contributed by atoms with E-state index in [1.807, 2.05) is 37.3 Å². The number of rotatable bonds is 7. The highest BCUT2D eigenvalue weighted by Gasteiger charge is 2.24. The molecule has 0 saturated heterocycles. The van der Waals surface area contributed by atoms with E-state index in [1.54, 1.807) is 49.0 Å². The number of fused-ring (bicyclic) bond motifs is 1. The van der Waals surface area contributed by atoms with Crippen LogP contribution in [-0.2, 0) is 17.1 Å². The summed E-state index contributed by atoms with van der Waals surface area (Å²) in [5.74, 6) is 0.628. The number of ether oxygens (including phenoxy) is 1. The van der Waals surface area contributed by atoms with Gasteiger partial charge in [0.15, 0.2) is 0 Å². The van der Waals surface area contributed by atoms with E-state index in [4.69, 9.17) is 4.74 Å². The first-order valence-corrected chi connectivity index (χ1v) is 11.8. The summed E-state index contributed by atoms with van der Waals surface area (Å²) >= 11 is 0. The molecule has 0 spiro atoms. The minimum absolute atomic E-state index is 0.0201. The number of sulfonamides is 1. The standard InChI is InChI=1S/C24H25N3O4S/c1-4-16-31-21-14-15-22(20-13-9-8-12-19(20)21)32(29,30)25-23-17(2)26(3)27(24(23)28)18-10-6-5-7-11-18/h5-15,25H,4,16H2,1-3H3. The van der Waals surface area contributed by atoms with Gasteiger partial charge in [-0.15, -0.1) is 0 Å². The maximum atomic E-state index is 13.4. The van der Waals surface area contributed by atoms with Crippen LogP contribution in [-0.4, -0.2) is 24.4 Å². The maximum Gasteiger partial charge on any atom is 0.296 e. The van der Waals surface area contributed by atoms with Crippen molar-refractivity contribution < 1.29 is 13.2 Å². The Morgan fingerprint density at radius 2 is 1.59 bits per heavy atom. The van der Waals surface area contributed by atoms with Gasteiger partial charge in [0.05, 0.1) is 22.9 Å². The van der Waals surface area contributed by atoms with E-state index in [9.17, 15) is 13.2 Å². The number of hydrogen-bond donors (Lipinski definition) is 1. The Morgan fingerprint density at radius 3 is 2.28 bits per heavy atom. The molecule has 0 fully saturated rings. The zero-order valence-corrected chi connectivity index (χ0v) is 19.0. The molecule has 0 aliphatic carbocycles. The summed E-state index contributed by atoms with van der Waals surface area (Å²) in [6.45, 7) is 4.25.